The molecular weight excluding hydrogens is 255 g/mol. The number of hydrogen-bond acceptors (Lipinski definition) is 3. The number of aryl methyl sites for hydroxylation is 1. The van der Waals surface area contributed by atoms with E-state index >= 15 is 0 Å². The Balaban J connectivity index is 2.26. The molecule has 0 saturated carbocycles. The third-order valence-electron chi connectivity index (χ3n) is 2.91. The van der Waals surface area contributed by atoms with Gasteiger partial charge in [-0.2, -0.15) is 11.8 Å². The zero-order valence-corrected chi connectivity index (χ0v) is 11.5. The molecular formula is C13H15FOS2. The second-order valence-electron chi connectivity index (χ2n) is 4.19. The number of Topliss-reactive ketones (excluding diaryl/α,β-unsaturated/α-hetero) is 1. The van der Waals surface area contributed by atoms with Crippen molar-refractivity contribution in [3.05, 3.63) is 35.1 Å². The van der Waals surface area contributed by atoms with Gasteiger partial charge < -0.3 is 0 Å². The lowest BCUT2D eigenvalue weighted by molar-refractivity contribution is 0.0988. The van der Waals surface area contributed by atoms with Crippen molar-refractivity contribution in [1.29, 1.82) is 0 Å². The van der Waals surface area contributed by atoms with Crippen LogP contribution < -0.4 is 0 Å². The molecule has 0 aromatic heterocycles. The predicted octanol–water partition coefficient (Wildman–Crippen LogP) is 3.55. The SMILES string of the molecule is Cc1ccc(F)cc1C(=O)C1SCCSC1C. The van der Waals surface area contributed by atoms with Gasteiger partial charge >= 0.3 is 0 Å². The van der Waals surface area contributed by atoms with Crippen LogP contribution in [0.3, 0.4) is 0 Å². The van der Waals surface area contributed by atoms with E-state index in [0.29, 0.717) is 10.8 Å². The highest BCUT2D eigenvalue weighted by molar-refractivity contribution is 8.07. The maximum atomic E-state index is 13.2. The van der Waals surface area contributed by atoms with E-state index in [4.69, 9.17) is 0 Å². The van der Waals surface area contributed by atoms with E-state index in [1.165, 1.54) is 12.1 Å². The van der Waals surface area contributed by atoms with Gasteiger partial charge in [-0.3, -0.25) is 4.79 Å². The van der Waals surface area contributed by atoms with Crippen molar-refractivity contribution in [3.63, 3.8) is 0 Å². The first-order valence-electron chi connectivity index (χ1n) is 5.63. The van der Waals surface area contributed by atoms with E-state index in [0.717, 1.165) is 17.1 Å². The third kappa shape index (κ3) is 2.86. The lowest BCUT2D eigenvalue weighted by Crippen LogP contribution is -2.31. The molecule has 1 aromatic carbocycles. The standard InChI is InChI=1S/C13H15FOS2/c1-8-3-4-10(14)7-11(8)12(15)13-9(2)16-5-6-17-13/h3-4,7,9,13H,5-6H2,1-2H3. The third-order valence-corrected chi connectivity index (χ3v) is 6.00. The largest absolute Gasteiger partial charge is 0.293 e. The lowest BCUT2D eigenvalue weighted by atomic mass is 10.0. The first-order chi connectivity index (χ1) is 8.09. The number of rotatable bonds is 2. The molecule has 2 unspecified atom stereocenters. The van der Waals surface area contributed by atoms with E-state index in [9.17, 15) is 9.18 Å². The molecule has 0 bridgehead atoms. The zero-order chi connectivity index (χ0) is 12.4. The Morgan fingerprint density at radius 2 is 2.06 bits per heavy atom. The fraction of sp³-hybridized carbons (Fsp3) is 0.462. The summed E-state index contributed by atoms with van der Waals surface area (Å²) in [5.74, 6) is 1.84. The number of carbonyl (C=O) groups is 1. The smallest absolute Gasteiger partial charge is 0.177 e. The summed E-state index contributed by atoms with van der Waals surface area (Å²) in [4.78, 5) is 12.4. The Kier molecular flexibility index (Phi) is 4.15. The van der Waals surface area contributed by atoms with E-state index in [1.807, 2.05) is 18.7 Å². The summed E-state index contributed by atoms with van der Waals surface area (Å²) < 4.78 is 13.2. The van der Waals surface area contributed by atoms with Gasteiger partial charge in [0.15, 0.2) is 5.78 Å². The van der Waals surface area contributed by atoms with Crippen molar-refractivity contribution in [2.45, 2.75) is 24.3 Å². The molecule has 1 heterocycles. The lowest BCUT2D eigenvalue weighted by Gasteiger charge is -2.27. The van der Waals surface area contributed by atoms with E-state index in [1.54, 1.807) is 17.8 Å². The topological polar surface area (TPSA) is 17.1 Å². The van der Waals surface area contributed by atoms with E-state index in [-0.39, 0.29) is 16.9 Å². The molecule has 0 radical (unpaired) electrons. The van der Waals surface area contributed by atoms with Crippen molar-refractivity contribution in [2.75, 3.05) is 11.5 Å². The van der Waals surface area contributed by atoms with Crippen LogP contribution in [0, 0.1) is 12.7 Å². The minimum atomic E-state index is -0.333. The molecule has 1 aliphatic rings. The van der Waals surface area contributed by atoms with Crippen LogP contribution in [0.25, 0.3) is 0 Å². The molecule has 1 saturated heterocycles. The molecule has 1 nitrogen and oxygen atoms in total. The van der Waals surface area contributed by atoms with Gasteiger partial charge in [-0.15, -0.1) is 11.8 Å². The van der Waals surface area contributed by atoms with Crippen LogP contribution in [0.1, 0.15) is 22.8 Å². The van der Waals surface area contributed by atoms with Crippen LogP contribution in [0.2, 0.25) is 0 Å². The van der Waals surface area contributed by atoms with Crippen molar-refractivity contribution in [3.8, 4) is 0 Å². The Hall–Kier alpha value is -0.480. The highest BCUT2D eigenvalue weighted by Crippen LogP contribution is 2.33. The summed E-state index contributed by atoms with van der Waals surface area (Å²) in [5, 5.41) is 0.276. The minimum absolute atomic E-state index is 0.0331. The van der Waals surface area contributed by atoms with Gasteiger partial charge in [0.05, 0.1) is 5.25 Å². The summed E-state index contributed by atoms with van der Waals surface area (Å²) in [5.41, 5.74) is 1.40. The summed E-state index contributed by atoms with van der Waals surface area (Å²) in [6, 6.07) is 4.44. The second-order valence-corrected chi connectivity index (χ2v) is 6.93. The van der Waals surface area contributed by atoms with Gasteiger partial charge in [0.25, 0.3) is 0 Å². The number of benzene rings is 1. The van der Waals surface area contributed by atoms with Crippen LogP contribution in [0.15, 0.2) is 18.2 Å². The van der Waals surface area contributed by atoms with Crippen LogP contribution in [-0.2, 0) is 0 Å². The molecule has 2 atom stereocenters. The van der Waals surface area contributed by atoms with Crippen LogP contribution in [0.4, 0.5) is 4.39 Å². The Labute approximate surface area is 110 Å². The Morgan fingerprint density at radius 1 is 1.35 bits per heavy atom. The van der Waals surface area contributed by atoms with Crippen molar-refractivity contribution in [1.82, 2.24) is 0 Å². The predicted molar refractivity (Wildman–Crippen MR) is 73.6 cm³/mol. The van der Waals surface area contributed by atoms with Crippen molar-refractivity contribution < 1.29 is 9.18 Å². The second kappa shape index (κ2) is 5.44. The fourth-order valence-corrected chi connectivity index (χ4v) is 4.65. The number of thioether (sulfide) groups is 2. The molecule has 92 valence electrons. The van der Waals surface area contributed by atoms with Gasteiger partial charge in [-0.05, 0) is 24.6 Å². The maximum absolute atomic E-state index is 13.2. The molecule has 0 N–H and O–H groups in total. The fourth-order valence-electron chi connectivity index (χ4n) is 1.93. The van der Waals surface area contributed by atoms with Crippen LogP contribution >= 0.6 is 23.5 Å². The number of halogens is 1. The average molecular weight is 270 g/mol. The Morgan fingerprint density at radius 3 is 2.76 bits per heavy atom. The maximum Gasteiger partial charge on any atom is 0.177 e. The summed E-state index contributed by atoms with van der Waals surface area (Å²) >= 11 is 3.52. The van der Waals surface area contributed by atoms with Crippen LogP contribution in [0.5, 0.6) is 0 Å². The highest BCUT2D eigenvalue weighted by atomic mass is 32.2. The molecule has 1 aromatic rings. The molecule has 0 spiro atoms. The van der Waals surface area contributed by atoms with Crippen molar-refractivity contribution in [2.24, 2.45) is 0 Å². The monoisotopic (exact) mass is 270 g/mol. The molecule has 1 aliphatic heterocycles. The van der Waals surface area contributed by atoms with Gasteiger partial charge in [-0.25, -0.2) is 4.39 Å². The summed E-state index contributed by atoms with van der Waals surface area (Å²) in [6.45, 7) is 3.94. The number of hydrogen-bond donors (Lipinski definition) is 0. The molecule has 4 heteroatoms. The molecule has 17 heavy (non-hydrogen) atoms. The first kappa shape index (κ1) is 13.0. The normalized spacial score (nSPS) is 24.6. The summed E-state index contributed by atoms with van der Waals surface area (Å²) in [6.07, 6.45) is 0. The number of ketones is 1. The first-order valence-corrected chi connectivity index (χ1v) is 7.73. The molecule has 2 rings (SSSR count). The molecule has 0 aliphatic carbocycles. The Bertz CT molecular complexity index is 433. The summed E-state index contributed by atoms with van der Waals surface area (Å²) in [7, 11) is 0. The number of carbonyl (C=O) groups excluding carboxylic acids is 1. The quantitative estimate of drug-likeness (QED) is 0.765. The van der Waals surface area contributed by atoms with E-state index < -0.39 is 0 Å². The minimum Gasteiger partial charge on any atom is -0.293 e. The van der Waals surface area contributed by atoms with Crippen LogP contribution in [-0.4, -0.2) is 27.8 Å². The van der Waals surface area contributed by atoms with Gasteiger partial charge in [-0.1, -0.05) is 13.0 Å². The molecule has 0 amide bonds. The average Bonchev–Trinajstić information content (AvgIpc) is 2.32. The van der Waals surface area contributed by atoms with E-state index in [2.05, 4.69) is 6.92 Å². The molecule has 1 fully saturated rings. The highest BCUT2D eigenvalue weighted by Gasteiger charge is 2.30. The van der Waals surface area contributed by atoms with Gasteiger partial charge in [0.1, 0.15) is 5.82 Å². The zero-order valence-electron chi connectivity index (χ0n) is 9.90. The van der Waals surface area contributed by atoms with Gasteiger partial charge in [0, 0.05) is 22.3 Å². The van der Waals surface area contributed by atoms with Crippen molar-refractivity contribution >= 4 is 29.3 Å². The van der Waals surface area contributed by atoms with Gasteiger partial charge in [0.2, 0.25) is 0 Å².